The Bertz CT molecular complexity index is 63.3. The van der Waals surface area contributed by atoms with Gasteiger partial charge in [-0.25, -0.2) is 0 Å². The van der Waals surface area contributed by atoms with Crippen LogP contribution in [0.5, 0.6) is 0 Å². The molecule has 9 heavy (non-hydrogen) atoms. The van der Waals surface area contributed by atoms with Crippen LogP contribution >= 0.6 is 0 Å². The average molecular weight is 129 g/mol. The standard InChI is InChI=1S/C6H15N3/c1-2-8-6-9-5-3-4-7/h2,8-9H,1,3-7H2. The first-order chi connectivity index (χ1) is 4.41. The number of rotatable bonds is 6. The molecule has 0 saturated heterocycles. The molecule has 0 aliphatic rings. The van der Waals surface area contributed by atoms with E-state index in [-0.39, 0.29) is 0 Å². The lowest BCUT2D eigenvalue weighted by molar-refractivity contribution is 0.627. The van der Waals surface area contributed by atoms with E-state index < -0.39 is 0 Å². The summed E-state index contributed by atoms with van der Waals surface area (Å²) in [7, 11) is 0. The van der Waals surface area contributed by atoms with E-state index in [2.05, 4.69) is 17.2 Å². The predicted octanol–water partition coefficient (Wildman–Crippen LogP) is -0.385. The van der Waals surface area contributed by atoms with Crippen LogP contribution in [0.1, 0.15) is 6.42 Å². The number of nitrogens with two attached hydrogens (primary N) is 1. The fourth-order valence-corrected chi connectivity index (χ4v) is 0.460. The largest absolute Gasteiger partial charge is 0.379 e. The lowest BCUT2D eigenvalue weighted by Crippen LogP contribution is -2.27. The van der Waals surface area contributed by atoms with Gasteiger partial charge >= 0.3 is 0 Å². The van der Waals surface area contributed by atoms with Gasteiger partial charge in [0.05, 0.1) is 6.67 Å². The van der Waals surface area contributed by atoms with E-state index in [1.165, 1.54) is 0 Å². The zero-order valence-electron chi connectivity index (χ0n) is 5.69. The van der Waals surface area contributed by atoms with E-state index in [1.807, 2.05) is 0 Å². The van der Waals surface area contributed by atoms with Crippen LogP contribution in [-0.2, 0) is 0 Å². The lowest BCUT2D eigenvalue weighted by Gasteiger charge is -2.01. The molecular formula is C6H15N3. The molecule has 54 valence electrons. The highest BCUT2D eigenvalue weighted by molar-refractivity contribution is 4.60. The summed E-state index contributed by atoms with van der Waals surface area (Å²) in [4.78, 5) is 0. The van der Waals surface area contributed by atoms with Gasteiger partial charge in [-0.15, -0.1) is 0 Å². The van der Waals surface area contributed by atoms with Gasteiger partial charge in [-0.05, 0) is 25.7 Å². The Morgan fingerprint density at radius 1 is 1.56 bits per heavy atom. The van der Waals surface area contributed by atoms with Crippen LogP contribution in [0.2, 0.25) is 0 Å². The Balaban J connectivity index is 2.66. The van der Waals surface area contributed by atoms with Crippen molar-refractivity contribution >= 4 is 0 Å². The monoisotopic (exact) mass is 129 g/mol. The maximum Gasteiger partial charge on any atom is 0.0647 e. The van der Waals surface area contributed by atoms with E-state index in [4.69, 9.17) is 5.73 Å². The summed E-state index contributed by atoms with van der Waals surface area (Å²) in [6, 6.07) is 0. The first-order valence-electron chi connectivity index (χ1n) is 3.17. The zero-order valence-corrected chi connectivity index (χ0v) is 5.69. The van der Waals surface area contributed by atoms with Crippen LogP contribution in [-0.4, -0.2) is 19.8 Å². The highest BCUT2D eigenvalue weighted by Crippen LogP contribution is 1.66. The maximum absolute atomic E-state index is 5.26. The number of nitrogens with one attached hydrogen (secondary N) is 2. The van der Waals surface area contributed by atoms with Gasteiger partial charge in [0.2, 0.25) is 0 Å². The fraction of sp³-hybridized carbons (Fsp3) is 0.667. The molecule has 0 amide bonds. The first-order valence-corrected chi connectivity index (χ1v) is 3.17. The van der Waals surface area contributed by atoms with Crippen molar-refractivity contribution in [1.82, 2.24) is 10.6 Å². The van der Waals surface area contributed by atoms with Crippen LogP contribution in [0.25, 0.3) is 0 Å². The van der Waals surface area contributed by atoms with Crippen molar-refractivity contribution in [1.29, 1.82) is 0 Å². The zero-order chi connectivity index (χ0) is 6.95. The molecule has 0 spiro atoms. The molecule has 0 aromatic carbocycles. The third kappa shape index (κ3) is 7.46. The second kappa shape index (κ2) is 7.46. The Hall–Kier alpha value is -0.540. The van der Waals surface area contributed by atoms with Gasteiger partial charge in [-0.3, -0.25) is 0 Å². The van der Waals surface area contributed by atoms with Crippen LogP contribution in [0.3, 0.4) is 0 Å². The first kappa shape index (κ1) is 8.46. The van der Waals surface area contributed by atoms with Gasteiger partial charge in [0.15, 0.2) is 0 Å². The van der Waals surface area contributed by atoms with Crippen molar-refractivity contribution in [2.45, 2.75) is 6.42 Å². The molecule has 0 bridgehead atoms. The molecule has 0 aromatic heterocycles. The molecule has 0 rings (SSSR count). The molecule has 0 saturated carbocycles. The predicted molar refractivity (Wildman–Crippen MR) is 39.9 cm³/mol. The van der Waals surface area contributed by atoms with Gasteiger partial charge in [0, 0.05) is 0 Å². The van der Waals surface area contributed by atoms with Gasteiger partial charge in [0.1, 0.15) is 0 Å². The quantitative estimate of drug-likeness (QED) is 0.338. The molecule has 0 radical (unpaired) electrons. The van der Waals surface area contributed by atoms with Crippen molar-refractivity contribution in [3.8, 4) is 0 Å². The number of hydrogen-bond donors (Lipinski definition) is 3. The maximum atomic E-state index is 5.26. The van der Waals surface area contributed by atoms with Gasteiger partial charge in [0.25, 0.3) is 0 Å². The van der Waals surface area contributed by atoms with Crippen molar-refractivity contribution in [3.63, 3.8) is 0 Å². The molecule has 3 nitrogen and oxygen atoms in total. The molecular weight excluding hydrogens is 114 g/mol. The van der Waals surface area contributed by atoms with E-state index in [0.29, 0.717) is 0 Å². The van der Waals surface area contributed by atoms with Crippen molar-refractivity contribution in [2.24, 2.45) is 5.73 Å². The molecule has 0 fully saturated rings. The summed E-state index contributed by atoms with van der Waals surface area (Å²) in [6.07, 6.45) is 2.69. The van der Waals surface area contributed by atoms with Crippen molar-refractivity contribution in [2.75, 3.05) is 19.8 Å². The van der Waals surface area contributed by atoms with E-state index >= 15 is 0 Å². The fourth-order valence-electron chi connectivity index (χ4n) is 0.460. The van der Waals surface area contributed by atoms with Crippen LogP contribution in [0.4, 0.5) is 0 Å². The Kier molecular flexibility index (Phi) is 7.01. The second-order valence-corrected chi connectivity index (χ2v) is 1.73. The smallest absolute Gasteiger partial charge is 0.0647 e. The van der Waals surface area contributed by atoms with E-state index in [9.17, 15) is 0 Å². The number of hydrogen-bond acceptors (Lipinski definition) is 3. The minimum absolute atomic E-state index is 0.751. The third-order valence-corrected chi connectivity index (χ3v) is 0.929. The summed E-state index contributed by atoms with van der Waals surface area (Å²) < 4.78 is 0. The van der Waals surface area contributed by atoms with Crippen LogP contribution < -0.4 is 16.4 Å². The average Bonchev–Trinajstić information content (AvgIpc) is 1.89. The minimum atomic E-state index is 0.751. The van der Waals surface area contributed by atoms with E-state index in [0.717, 1.165) is 26.2 Å². The van der Waals surface area contributed by atoms with Gasteiger partial charge in [-0.1, -0.05) is 6.58 Å². The molecule has 0 aliphatic heterocycles. The van der Waals surface area contributed by atoms with Gasteiger partial charge in [-0.2, -0.15) is 0 Å². The Labute approximate surface area is 56.3 Å². The van der Waals surface area contributed by atoms with Crippen LogP contribution in [0.15, 0.2) is 12.8 Å². The molecule has 0 aromatic rings. The second-order valence-electron chi connectivity index (χ2n) is 1.73. The normalized spacial score (nSPS) is 9.00. The van der Waals surface area contributed by atoms with Crippen LogP contribution in [0, 0.1) is 0 Å². The summed E-state index contributed by atoms with van der Waals surface area (Å²) in [5.41, 5.74) is 5.26. The van der Waals surface area contributed by atoms with Crippen molar-refractivity contribution < 1.29 is 0 Å². The summed E-state index contributed by atoms with van der Waals surface area (Å²) in [6.45, 7) is 6.00. The summed E-state index contributed by atoms with van der Waals surface area (Å²) in [5.74, 6) is 0. The molecule has 3 heteroatoms. The molecule has 0 aliphatic carbocycles. The molecule has 0 heterocycles. The lowest BCUT2D eigenvalue weighted by atomic mass is 10.4. The Morgan fingerprint density at radius 2 is 2.33 bits per heavy atom. The molecule has 0 unspecified atom stereocenters. The van der Waals surface area contributed by atoms with Gasteiger partial charge < -0.3 is 16.4 Å². The summed E-state index contributed by atoms with van der Waals surface area (Å²) >= 11 is 0. The topological polar surface area (TPSA) is 50.1 Å². The minimum Gasteiger partial charge on any atom is -0.379 e. The molecule has 4 N–H and O–H groups in total. The highest BCUT2D eigenvalue weighted by Gasteiger charge is 1.80. The SMILES string of the molecule is C=CNCNCCCN. The highest BCUT2D eigenvalue weighted by atomic mass is 15.0. The summed E-state index contributed by atoms with van der Waals surface area (Å²) in [5, 5.41) is 6.04. The van der Waals surface area contributed by atoms with E-state index in [1.54, 1.807) is 6.20 Å². The Morgan fingerprint density at radius 3 is 2.89 bits per heavy atom. The van der Waals surface area contributed by atoms with Crippen molar-refractivity contribution in [3.05, 3.63) is 12.8 Å². The third-order valence-electron chi connectivity index (χ3n) is 0.929. The molecule has 0 atom stereocenters.